The molecule has 0 saturated carbocycles. The summed E-state index contributed by atoms with van der Waals surface area (Å²) in [5.74, 6) is -0.917. The molecule has 0 spiro atoms. The topological polar surface area (TPSA) is 56.3 Å². The first kappa shape index (κ1) is 21.0. The van der Waals surface area contributed by atoms with Gasteiger partial charge in [0, 0.05) is 26.6 Å². The molecule has 0 fully saturated rings. The van der Waals surface area contributed by atoms with Crippen LogP contribution in [0.4, 0.5) is 0 Å². The van der Waals surface area contributed by atoms with E-state index in [1.54, 1.807) is 42.5 Å². The average Bonchev–Trinajstić information content (AvgIpc) is 2.80. The van der Waals surface area contributed by atoms with Crippen LogP contribution in [0.5, 0.6) is 0 Å². The largest absolute Gasteiger partial charge is 0.454 e. The van der Waals surface area contributed by atoms with Crippen LogP contribution >= 0.6 is 23.2 Å². The number of ether oxygens (including phenoxy) is 1. The predicted molar refractivity (Wildman–Crippen MR) is 123 cm³/mol. The van der Waals surface area contributed by atoms with Crippen LogP contribution in [0.15, 0.2) is 72.8 Å². The van der Waals surface area contributed by atoms with E-state index in [4.69, 9.17) is 32.9 Å². The third kappa shape index (κ3) is 4.46. The highest BCUT2D eigenvalue weighted by Gasteiger charge is 2.19. The summed E-state index contributed by atoms with van der Waals surface area (Å²) in [6, 6.07) is 21.1. The van der Waals surface area contributed by atoms with Gasteiger partial charge in [0.15, 0.2) is 12.4 Å². The first-order valence-corrected chi connectivity index (χ1v) is 10.3. The van der Waals surface area contributed by atoms with Crippen molar-refractivity contribution in [1.29, 1.82) is 0 Å². The number of aryl methyl sites for hydroxylation is 1. The maximum absolute atomic E-state index is 13.0. The van der Waals surface area contributed by atoms with Gasteiger partial charge in [0.25, 0.3) is 0 Å². The molecule has 1 heterocycles. The van der Waals surface area contributed by atoms with Crippen LogP contribution in [0, 0.1) is 6.92 Å². The van der Waals surface area contributed by atoms with Crippen LogP contribution in [0.1, 0.15) is 26.3 Å². The van der Waals surface area contributed by atoms with Gasteiger partial charge in [0.05, 0.1) is 16.8 Å². The van der Waals surface area contributed by atoms with Crippen molar-refractivity contribution in [3.63, 3.8) is 0 Å². The number of aromatic nitrogens is 1. The number of esters is 1. The second kappa shape index (κ2) is 8.88. The molecule has 0 bridgehead atoms. The molecule has 0 aliphatic carbocycles. The molecule has 0 atom stereocenters. The van der Waals surface area contributed by atoms with Crippen molar-refractivity contribution in [2.24, 2.45) is 0 Å². The van der Waals surface area contributed by atoms with Gasteiger partial charge < -0.3 is 4.74 Å². The van der Waals surface area contributed by atoms with Crippen molar-refractivity contribution in [2.75, 3.05) is 6.61 Å². The first-order valence-electron chi connectivity index (χ1n) is 9.55. The number of halogens is 2. The molecule has 0 N–H and O–H groups in total. The molecule has 3 aromatic carbocycles. The zero-order valence-electron chi connectivity index (χ0n) is 16.6. The van der Waals surface area contributed by atoms with E-state index in [-0.39, 0.29) is 12.4 Å². The lowest BCUT2D eigenvalue weighted by Gasteiger charge is -2.12. The number of pyridine rings is 1. The fourth-order valence-electron chi connectivity index (χ4n) is 3.26. The Hall–Kier alpha value is -3.21. The molecule has 0 aliphatic rings. The van der Waals surface area contributed by atoms with E-state index in [0.717, 1.165) is 11.1 Å². The Morgan fingerprint density at radius 2 is 1.65 bits per heavy atom. The van der Waals surface area contributed by atoms with E-state index >= 15 is 0 Å². The lowest BCUT2D eigenvalue weighted by atomic mass is 10.0. The zero-order chi connectivity index (χ0) is 22.0. The van der Waals surface area contributed by atoms with Gasteiger partial charge >= 0.3 is 5.97 Å². The number of hydrogen-bond donors (Lipinski definition) is 0. The lowest BCUT2D eigenvalue weighted by Crippen LogP contribution is -2.15. The van der Waals surface area contributed by atoms with Crippen LogP contribution in [-0.4, -0.2) is 23.3 Å². The Morgan fingerprint density at radius 1 is 0.935 bits per heavy atom. The summed E-state index contributed by atoms with van der Waals surface area (Å²) in [6.07, 6.45) is 0. The molecule has 0 unspecified atom stereocenters. The van der Waals surface area contributed by atoms with Gasteiger partial charge in [-0.2, -0.15) is 0 Å². The number of carbonyl (C=O) groups is 2. The monoisotopic (exact) mass is 449 g/mol. The summed E-state index contributed by atoms with van der Waals surface area (Å²) in [4.78, 5) is 30.1. The Labute approximate surface area is 189 Å². The summed E-state index contributed by atoms with van der Waals surface area (Å²) >= 11 is 12.1. The van der Waals surface area contributed by atoms with Crippen LogP contribution < -0.4 is 0 Å². The highest BCUT2D eigenvalue weighted by Crippen LogP contribution is 2.30. The second-order valence-corrected chi connectivity index (χ2v) is 7.84. The number of benzene rings is 3. The molecule has 0 radical (unpaired) electrons. The van der Waals surface area contributed by atoms with Gasteiger partial charge in [-0.05, 0) is 48.9 Å². The number of carbonyl (C=O) groups excluding carboxylic acids is 2. The highest BCUT2D eigenvalue weighted by molar-refractivity contribution is 6.32. The fraction of sp³-hybridized carbons (Fsp3) is 0.0800. The molecule has 1 aromatic heterocycles. The van der Waals surface area contributed by atoms with Crippen LogP contribution in [0.3, 0.4) is 0 Å². The van der Waals surface area contributed by atoms with E-state index < -0.39 is 5.97 Å². The molecule has 4 nitrogen and oxygen atoms in total. The summed E-state index contributed by atoms with van der Waals surface area (Å²) in [5.41, 5.74) is 3.61. The summed E-state index contributed by atoms with van der Waals surface area (Å²) in [7, 11) is 0. The van der Waals surface area contributed by atoms with Gasteiger partial charge in [-0.1, -0.05) is 59.6 Å². The van der Waals surface area contributed by atoms with Gasteiger partial charge in [-0.3, -0.25) is 4.79 Å². The van der Waals surface area contributed by atoms with Crippen LogP contribution in [0.2, 0.25) is 10.0 Å². The maximum Gasteiger partial charge on any atom is 0.339 e. The Bertz CT molecular complexity index is 1290. The minimum absolute atomic E-state index is 0.314. The summed E-state index contributed by atoms with van der Waals surface area (Å²) in [5, 5.41) is 1.70. The minimum Gasteiger partial charge on any atom is -0.454 e. The highest BCUT2D eigenvalue weighted by atomic mass is 35.5. The molecule has 31 heavy (non-hydrogen) atoms. The van der Waals surface area contributed by atoms with Gasteiger partial charge in [0.1, 0.15) is 0 Å². The number of rotatable bonds is 5. The number of fused-ring (bicyclic) bond motifs is 1. The first-order chi connectivity index (χ1) is 14.9. The standard InChI is InChI=1S/C25H17Cl2NO3/c1-15-21(27)12-11-19-20(13-22(28-24(15)19)16-5-3-2-4-6-16)25(30)31-14-23(29)17-7-9-18(26)10-8-17/h2-13H,14H2,1H3. The minimum atomic E-state index is -0.603. The fourth-order valence-corrected chi connectivity index (χ4v) is 3.54. The molecule has 0 aliphatic heterocycles. The maximum atomic E-state index is 13.0. The number of nitrogens with zero attached hydrogens (tertiary/aromatic N) is 1. The van der Waals surface area contributed by atoms with Crippen molar-refractivity contribution in [1.82, 2.24) is 4.98 Å². The number of ketones is 1. The molecule has 0 saturated heterocycles. The van der Waals surface area contributed by atoms with Crippen molar-refractivity contribution < 1.29 is 14.3 Å². The normalized spacial score (nSPS) is 10.8. The van der Waals surface area contributed by atoms with E-state index in [1.807, 2.05) is 37.3 Å². The van der Waals surface area contributed by atoms with E-state index in [9.17, 15) is 9.59 Å². The molecule has 4 rings (SSSR count). The molecular weight excluding hydrogens is 433 g/mol. The third-order valence-electron chi connectivity index (χ3n) is 4.96. The van der Waals surface area contributed by atoms with Crippen molar-refractivity contribution in [2.45, 2.75) is 6.92 Å². The summed E-state index contributed by atoms with van der Waals surface area (Å²) in [6.45, 7) is 1.48. The van der Waals surface area contributed by atoms with Gasteiger partial charge in [-0.25, -0.2) is 9.78 Å². The van der Waals surface area contributed by atoms with Gasteiger partial charge in [0.2, 0.25) is 0 Å². The lowest BCUT2D eigenvalue weighted by molar-refractivity contribution is 0.0476. The van der Waals surface area contributed by atoms with Gasteiger partial charge in [-0.15, -0.1) is 0 Å². The van der Waals surface area contributed by atoms with Crippen molar-refractivity contribution >= 4 is 45.9 Å². The Kier molecular flexibility index (Phi) is 6.03. The van der Waals surface area contributed by atoms with E-state index in [2.05, 4.69) is 0 Å². The molecular formula is C25H17Cl2NO3. The third-order valence-corrected chi connectivity index (χ3v) is 5.62. The Balaban J connectivity index is 1.70. The molecule has 0 amide bonds. The van der Waals surface area contributed by atoms with Crippen molar-refractivity contribution in [3.8, 4) is 11.3 Å². The van der Waals surface area contributed by atoms with E-state index in [1.165, 1.54) is 0 Å². The van der Waals surface area contributed by atoms with Crippen molar-refractivity contribution in [3.05, 3.63) is 99.5 Å². The number of Topliss-reactive ketones (excluding diaryl/α,β-unsaturated/α-hetero) is 1. The summed E-state index contributed by atoms with van der Waals surface area (Å²) < 4.78 is 5.36. The SMILES string of the molecule is Cc1c(Cl)ccc2c(C(=O)OCC(=O)c3ccc(Cl)cc3)cc(-c3ccccc3)nc12. The van der Waals surface area contributed by atoms with E-state index in [0.29, 0.717) is 37.8 Å². The second-order valence-electron chi connectivity index (χ2n) is 7.00. The number of hydrogen-bond acceptors (Lipinski definition) is 4. The van der Waals surface area contributed by atoms with Crippen LogP contribution in [-0.2, 0) is 4.74 Å². The predicted octanol–water partition coefficient (Wildman–Crippen LogP) is 6.56. The molecule has 4 aromatic rings. The zero-order valence-corrected chi connectivity index (χ0v) is 18.1. The average molecular weight is 450 g/mol. The van der Waals surface area contributed by atoms with Crippen LogP contribution in [0.25, 0.3) is 22.2 Å². The quantitative estimate of drug-likeness (QED) is 0.255. The molecule has 6 heteroatoms. The Morgan fingerprint density at radius 3 is 2.35 bits per heavy atom. The molecule has 154 valence electrons. The smallest absolute Gasteiger partial charge is 0.339 e.